The van der Waals surface area contributed by atoms with E-state index in [1.54, 1.807) is 0 Å². The van der Waals surface area contributed by atoms with Gasteiger partial charge >= 0.3 is 0 Å². The molecule has 1 rings (SSSR count). The van der Waals surface area contributed by atoms with Gasteiger partial charge < -0.3 is 15.4 Å². The van der Waals surface area contributed by atoms with Crippen LogP contribution in [0.15, 0.2) is 23.3 Å². The molecule has 118 valence electrons. The van der Waals surface area contributed by atoms with Crippen molar-refractivity contribution >= 4 is 17.7 Å². The third-order valence-electron chi connectivity index (χ3n) is 2.61. The molecule has 0 unspecified atom stereocenters. The van der Waals surface area contributed by atoms with E-state index in [0.717, 1.165) is 36.8 Å². The number of aliphatic imine (C=N–C) groups is 1. The fraction of sp³-hybridized carbons (Fsp3) is 0.600. The Morgan fingerprint density at radius 2 is 2.19 bits per heavy atom. The smallest absolute Gasteiger partial charge is 0.213 e. The maximum absolute atomic E-state index is 5.47. The van der Waals surface area contributed by atoms with Crippen LogP contribution in [0.1, 0.15) is 25.8 Å². The highest BCUT2D eigenvalue weighted by molar-refractivity contribution is 7.98. The van der Waals surface area contributed by atoms with Gasteiger partial charge in [-0.2, -0.15) is 11.8 Å². The van der Waals surface area contributed by atoms with Gasteiger partial charge in [-0.15, -0.1) is 0 Å². The SMILES string of the molecule is CCCOc1ccc(CN=C(NCC)NCCSC)cn1. The summed E-state index contributed by atoms with van der Waals surface area (Å²) < 4.78 is 5.47. The number of pyridine rings is 1. The van der Waals surface area contributed by atoms with Crippen molar-refractivity contribution < 1.29 is 4.74 Å². The van der Waals surface area contributed by atoms with Crippen molar-refractivity contribution in [3.8, 4) is 5.88 Å². The first-order valence-corrected chi connectivity index (χ1v) is 8.78. The number of nitrogens with one attached hydrogen (secondary N) is 2. The molecular formula is C15H26N4OS. The molecule has 0 aliphatic rings. The summed E-state index contributed by atoms with van der Waals surface area (Å²) in [6.45, 7) is 7.22. The predicted molar refractivity (Wildman–Crippen MR) is 91.2 cm³/mol. The number of ether oxygens (including phenoxy) is 1. The Kier molecular flexibility index (Phi) is 9.44. The third kappa shape index (κ3) is 7.80. The second-order valence-electron chi connectivity index (χ2n) is 4.47. The van der Waals surface area contributed by atoms with E-state index in [-0.39, 0.29) is 0 Å². The summed E-state index contributed by atoms with van der Waals surface area (Å²) in [6, 6.07) is 3.90. The molecule has 0 aliphatic heterocycles. The second-order valence-corrected chi connectivity index (χ2v) is 5.45. The molecule has 0 amide bonds. The van der Waals surface area contributed by atoms with E-state index in [1.165, 1.54) is 0 Å². The average Bonchev–Trinajstić information content (AvgIpc) is 2.52. The molecule has 0 radical (unpaired) electrons. The van der Waals surface area contributed by atoms with E-state index in [1.807, 2.05) is 30.1 Å². The van der Waals surface area contributed by atoms with Crippen LogP contribution in [0, 0.1) is 0 Å². The molecule has 0 aliphatic carbocycles. The molecule has 0 aromatic carbocycles. The normalized spacial score (nSPS) is 11.3. The van der Waals surface area contributed by atoms with E-state index in [9.17, 15) is 0 Å². The first-order chi connectivity index (χ1) is 10.3. The summed E-state index contributed by atoms with van der Waals surface area (Å²) in [5.41, 5.74) is 1.07. The van der Waals surface area contributed by atoms with Crippen LogP contribution >= 0.6 is 11.8 Å². The zero-order chi connectivity index (χ0) is 15.3. The molecule has 0 bridgehead atoms. The van der Waals surface area contributed by atoms with E-state index >= 15 is 0 Å². The summed E-state index contributed by atoms with van der Waals surface area (Å²) in [6.07, 6.45) is 4.90. The van der Waals surface area contributed by atoms with Crippen molar-refractivity contribution in [2.24, 2.45) is 4.99 Å². The Morgan fingerprint density at radius 1 is 1.33 bits per heavy atom. The topological polar surface area (TPSA) is 58.5 Å². The van der Waals surface area contributed by atoms with Crippen molar-refractivity contribution in [1.29, 1.82) is 0 Å². The lowest BCUT2D eigenvalue weighted by molar-refractivity contribution is 0.305. The standard InChI is InChI=1S/C15H26N4OS/c1-4-9-20-14-7-6-13(11-18-14)12-19-15(16-5-2)17-8-10-21-3/h6-7,11H,4-5,8-10,12H2,1-3H3,(H2,16,17,19). The quantitative estimate of drug-likeness (QED) is 0.416. The Labute approximate surface area is 132 Å². The largest absolute Gasteiger partial charge is 0.478 e. The summed E-state index contributed by atoms with van der Waals surface area (Å²) in [7, 11) is 0. The monoisotopic (exact) mass is 310 g/mol. The first-order valence-electron chi connectivity index (χ1n) is 7.39. The van der Waals surface area contributed by atoms with E-state index in [2.05, 4.69) is 40.7 Å². The molecule has 21 heavy (non-hydrogen) atoms. The fourth-order valence-corrected chi connectivity index (χ4v) is 1.89. The van der Waals surface area contributed by atoms with Crippen LogP contribution in [0.5, 0.6) is 5.88 Å². The molecule has 0 atom stereocenters. The number of nitrogens with zero attached hydrogens (tertiary/aromatic N) is 2. The molecule has 0 spiro atoms. The highest BCUT2D eigenvalue weighted by Gasteiger charge is 1.99. The maximum Gasteiger partial charge on any atom is 0.213 e. The van der Waals surface area contributed by atoms with Crippen molar-refractivity contribution in [1.82, 2.24) is 15.6 Å². The summed E-state index contributed by atoms with van der Waals surface area (Å²) >= 11 is 1.82. The molecule has 0 saturated heterocycles. The Balaban J connectivity index is 2.50. The Hall–Kier alpha value is -1.43. The third-order valence-corrected chi connectivity index (χ3v) is 3.23. The first kappa shape index (κ1) is 17.6. The number of hydrogen-bond acceptors (Lipinski definition) is 4. The van der Waals surface area contributed by atoms with Gasteiger partial charge in [-0.3, -0.25) is 0 Å². The van der Waals surface area contributed by atoms with Gasteiger partial charge in [0.2, 0.25) is 5.88 Å². The summed E-state index contributed by atoms with van der Waals surface area (Å²) in [5.74, 6) is 2.59. The van der Waals surface area contributed by atoms with Gasteiger partial charge in [0.05, 0.1) is 13.2 Å². The van der Waals surface area contributed by atoms with Crippen molar-refractivity contribution in [2.45, 2.75) is 26.8 Å². The minimum atomic E-state index is 0.607. The highest BCUT2D eigenvalue weighted by Crippen LogP contribution is 2.08. The Bertz CT molecular complexity index is 409. The van der Waals surface area contributed by atoms with Crippen LogP contribution in [0.2, 0.25) is 0 Å². The second kappa shape index (κ2) is 11.3. The molecule has 1 aromatic heterocycles. The molecule has 2 N–H and O–H groups in total. The molecule has 5 nitrogen and oxygen atoms in total. The molecule has 1 heterocycles. The van der Waals surface area contributed by atoms with Crippen LogP contribution in [-0.2, 0) is 6.54 Å². The van der Waals surface area contributed by atoms with Gasteiger partial charge in [0.1, 0.15) is 0 Å². The van der Waals surface area contributed by atoms with Gasteiger partial charge in [0.15, 0.2) is 5.96 Å². The molecular weight excluding hydrogens is 284 g/mol. The minimum Gasteiger partial charge on any atom is -0.478 e. The highest BCUT2D eigenvalue weighted by atomic mass is 32.2. The summed E-state index contributed by atoms with van der Waals surface area (Å²) in [5, 5.41) is 6.54. The van der Waals surface area contributed by atoms with Crippen molar-refractivity contribution in [2.75, 3.05) is 31.7 Å². The van der Waals surface area contributed by atoms with Gasteiger partial charge in [-0.25, -0.2) is 9.98 Å². The van der Waals surface area contributed by atoms with Crippen LogP contribution in [0.3, 0.4) is 0 Å². The molecule has 6 heteroatoms. The van der Waals surface area contributed by atoms with Crippen LogP contribution < -0.4 is 15.4 Å². The van der Waals surface area contributed by atoms with Crippen molar-refractivity contribution in [3.63, 3.8) is 0 Å². The van der Waals surface area contributed by atoms with Gasteiger partial charge in [0, 0.05) is 31.1 Å². The maximum atomic E-state index is 5.47. The van der Waals surface area contributed by atoms with Crippen LogP contribution in [-0.4, -0.2) is 42.6 Å². The number of guanidine groups is 1. The predicted octanol–water partition coefficient (Wildman–Crippen LogP) is 2.29. The zero-order valence-corrected chi connectivity index (χ0v) is 14.0. The molecule has 1 aromatic rings. The number of rotatable bonds is 9. The van der Waals surface area contributed by atoms with Crippen LogP contribution in [0.4, 0.5) is 0 Å². The number of hydrogen-bond donors (Lipinski definition) is 2. The van der Waals surface area contributed by atoms with Gasteiger partial charge in [0.25, 0.3) is 0 Å². The molecule has 0 fully saturated rings. The van der Waals surface area contributed by atoms with E-state index in [4.69, 9.17) is 4.74 Å². The lowest BCUT2D eigenvalue weighted by Crippen LogP contribution is -2.38. The zero-order valence-electron chi connectivity index (χ0n) is 13.2. The number of aromatic nitrogens is 1. The van der Waals surface area contributed by atoms with Crippen molar-refractivity contribution in [3.05, 3.63) is 23.9 Å². The fourth-order valence-electron chi connectivity index (χ4n) is 1.58. The van der Waals surface area contributed by atoms with Gasteiger partial charge in [-0.1, -0.05) is 13.0 Å². The number of thioether (sulfide) groups is 1. The molecule has 0 saturated carbocycles. The lowest BCUT2D eigenvalue weighted by Gasteiger charge is -2.10. The van der Waals surface area contributed by atoms with Crippen LogP contribution in [0.25, 0.3) is 0 Å². The minimum absolute atomic E-state index is 0.607. The van der Waals surface area contributed by atoms with E-state index in [0.29, 0.717) is 19.0 Å². The summed E-state index contributed by atoms with van der Waals surface area (Å²) in [4.78, 5) is 8.83. The average molecular weight is 310 g/mol. The van der Waals surface area contributed by atoms with E-state index < -0.39 is 0 Å². The van der Waals surface area contributed by atoms with Gasteiger partial charge in [-0.05, 0) is 25.2 Å². The Morgan fingerprint density at radius 3 is 2.81 bits per heavy atom. The lowest BCUT2D eigenvalue weighted by atomic mass is 10.3.